The first-order valence-electron chi connectivity index (χ1n) is 4.51. The Labute approximate surface area is 74.1 Å². The van der Waals surface area contributed by atoms with E-state index in [4.69, 9.17) is 0 Å². The summed E-state index contributed by atoms with van der Waals surface area (Å²) < 4.78 is 0. The minimum absolute atomic E-state index is 0.0920. The lowest BCUT2D eigenvalue weighted by molar-refractivity contribution is 0.0303. The van der Waals surface area contributed by atoms with Crippen LogP contribution in [0.3, 0.4) is 0 Å². The molecule has 68 valence electrons. The first-order chi connectivity index (χ1) is 5.42. The van der Waals surface area contributed by atoms with Crippen LogP contribution in [0.15, 0.2) is 4.99 Å². The van der Waals surface area contributed by atoms with Gasteiger partial charge < -0.3 is 0 Å². The summed E-state index contributed by atoms with van der Waals surface area (Å²) in [5.41, 5.74) is 0.274. The molecule has 0 amide bonds. The van der Waals surface area contributed by atoms with Gasteiger partial charge in [0.15, 0.2) is 0 Å². The highest BCUT2D eigenvalue weighted by molar-refractivity contribution is 5.36. The first kappa shape index (κ1) is 9.47. The lowest BCUT2D eigenvalue weighted by Gasteiger charge is -2.52. The fraction of sp³-hybridized carbons (Fsp3) is 0.900. The van der Waals surface area contributed by atoms with Crippen molar-refractivity contribution in [2.75, 3.05) is 0 Å². The molecule has 0 aromatic rings. The van der Waals surface area contributed by atoms with Gasteiger partial charge in [0, 0.05) is 0 Å². The van der Waals surface area contributed by atoms with Crippen LogP contribution in [0.2, 0.25) is 0 Å². The highest BCUT2D eigenvalue weighted by Gasteiger charge is 2.51. The van der Waals surface area contributed by atoms with Gasteiger partial charge in [-0.05, 0) is 24.2 Å². The third kappa shape index (κ3) is 1.44. The summed E-state index contributed by atoms with van der Waals surface area (Å²) in [6, 6.07) is 0. The summed E-state index contributed by atoms with van der Waals surface area (Å²) in [6.07, 6.45) is 3.75. The molecule has 0 N–H and O–H groups in total. The summed E-state index contributed by atoms with van der Waals surface area (Å²) >= 11 is 0. The van der Waals surface area contributed by atoms with Crippen molar-refractivity contribution in [3.8, 4) is 0 Å². The second-order valence-electron chi connectivity index (χ2n) is 4.98. The van der Waals surface area contributed by atoms with Crippen molar-refractivity contribution in [2.24, 2.45) is 16.3 Å². The molecule has 1 fully saturated rings. The Morgan fingerprint density at radius 3 is 2.08 bits per heavy atom. The molecule has 1 aliphatic rings. The van der Waals surface area contributed by atoms with E-state index in [0.717, 1.165) is 12.8 Å². The van der Waals surface area contributed by atoms with Crippen LogP contribution >= 0.6 is 0 Å². The zero-order chi connectivity index (χ0) is 9.41. The van der Waals surface area contributed by atoms with Gasteiger partial charge in [-0.2, -0.15) is 4.99 Å². The van der Waals surface area contributed by atoms with Crippen LogP contribution in [-0.4, -0.2) is 11.6 Å². The van der Waals surface area contributed by atoms with Crippen LogP contribution in [0, 0.1) is 11.3 Å². The summed E-state index contributed by atoms with van der Waals surface area (Å²) in [5, 5.41) is 0. The average Bonchev–Trinajstić information content (AvgIpc) is 1.83. The van der Waals surface area contributed by atoms with Crippen LogP contribution in [0.25, 0.3) is 0 Å². The van der Waals surface area contributed by atoms with Gasteiger partial charge in [-0.1, -0.05) is 27.7 Å². The van der Waals surface area contributed by atoms with E-state index in [0.29, 0.717) is 11.3 Å². The van der Waals surface area contributed by atoms with Crippen molar-refractivity contribution < 1.29 is 4.79 Å². The molecule has 0 aromatic heterocycles. The van der Waals surface area contributed by atoms with E-state index in [2.05, 4.69) is 32.7 Å². The largest absolute Gasteiger partial charge is 0.235 e. The maximum atomic E-state index is 10.2. The molecule has 12 heavy (non-hydrogen) atoms. The zero-order valence-electron chi connectivity index (χ0n) is 8.35. The van der Waals surface area contributed by atoms with Crippen LogP contribution in [-0.2, 0) is 4.79 Å². The van der Waals surface area contributed by atoms with Crippen LogP contribution in [0.1, 0.15) is 40.5 Å². The zero-order valence-corrected chi connectivity index (χ0v) is 8.35. The molecule has 2 heteroatoms. The minimum atomic E-state index is -0.0920. The Hall–Kier alpha value is -0.620. The molecule has 1 aliphatic carbocycles. The Kier molecular flexibility index (Phi) is 2.13. The summed E-state index contributed by atoms with van der Waals surface area (Å²) in [7, 11) is 0. The van der Waals surface area contributed by atoms with Crippen LogP contribution < -0.4 is 0 Å². The lowest BCUT2D eigenvalue weighted by Crippen LogP contribution is -2.51. The van der Waals surface area contributed by atoms with Gasteiger partial charge in [-0.3, -0.25) is 0 Å². The molecular weight excluding hydrogens is 150 g/mol. The molecule has 2 nitrogen and oxygen atoms in total. The number of nitrogens with zero attached hydrogens (tertiary/aromatic N) is 1. The average molecular weight is 167 g/mol. The number of aliphatic imine (C=N–C) groups is 1. The second-order valence-corrected chi connectivity index (χ2v) is 4.98. The molecule has 0 spiro atoms. The van der Waals surface area contributed by atoms with Crippen molar-refractivity contribution in [3.05, 3.63) is 0 Å². The Morgan fingerprint density at radius 1 is 1.33 bits per heavy atom. The Morgan fingerprint density at radius 2 is 1.83 bits per heavy atom. The molecule has 0 aliphatic heterocycles. The fourth-order valence-electron chi connectivity index (χ4n) is 2.31. The van der Waals surface area contributed by atoms with Crippen molar-refractivity contribution in [1.82, 2.24) is 0 Å². The smallest absolute Gasteiger partial charge is 0.211 e. The van der Waals surface area contributed by atoms with E-state index in [1.54, 1.807) is 6.08 Å². The van der Waals surface area contributed by atoms with Gasteiger partial charge in [0.05, 0.1) is 5.54 Å². The molecule has 0 aromatic carbocycles. The number of carbonyl (C=O) groups excluding carboxylic acids is 1. The topological polar surface area (TPSA) is 29.4 Å². The quantitative estimate of drug-likeness (QED) is 0.459. The van der Waals surface area contributed by atoms with E-state index in [1.165, 1.54) is 0 Å². The number of rotatable bonds is 2. The SMILES string of the molecule is CC(C)C1(N=C=O)CC(C)(C)C1. The van der Waals surface area contributed by atoms with E-state index in [-0.39, 0.29) is 5.54 Å². The number of isocyanates is 1. The first-order valence-corrected chi connectivity index (χ1v) is 4.51. The van der Waals surface area contributed by atoms with Gasteiger partial charge in [0.25, 0.3) is 0 Å². The monoisotopic (exact) mass is 167 g/mol. The molecule has 0 atom stereocenters. The molecule has 0 radical (unpaired) electrons. The summed E-state index contributed by atoms with van der Waals surface area (Å²) in [4.78, 5) is 14.2. The minimum Gasteiger partial charge on any atom is -0.211 e. The lowest BCUT2D eigenvalue weighted by atomic mass is 9.56. The highest BCUT2D eigenvalue weighted by Crippen LogP contribution is 2.53. The number of hydrogen-bond donors (Lipinski definition) is 0. The highest BCUT2D eigenvalue weighted by atomic mass is 16.1. The maximum absolute atomic E-state index is 10.2. The number of hydrogen-bond acceptors (Lipinski definition) is 2. The van der Waals surface area contributed by atoms with Gasteiger partial charge in [-0.15, -0.1) is 0 Å². The predicted molar refractivity (Wildman–Crippen MR) is 48.7 cm³/mol. The standard InChI is InChI=1S/C10H17NO/c1-8(2)10(11-7-12)5-9(3,4)6-10/h8H,5-6H2,1-4H3. The van der Waals surface area contributed by atoms with Crippen LogP contribution in [0.4, 0.5) is 0 Å². The van der Waals surface area contributed by atoms with Crippen LogP contribution in [0.5, 0.6) is 0 Å². The normalized spacial score (nSPS) is 24.4. The van der Waals surface area contributed by atoms with E-state index in [1.807, 2.05) is 0 Å². The molecule has 1 rings (SSSR count). The molecule has 0 unspecified atom stereocenters. The van der Waals surface area contributed by atoms with Gasteiger partial charge in [0.2, 0.25) is 6.08 Å². The molecular formula is C10H17NO. The van der Waals surface area contributed by atoms with Crippen molar-refractivity contribution in [2.45, 2.75) is 46.1 Å². The van der Waals surface area contributed by atoms with E-state index >= 15 is 0 Å². The van der Waals surface area contributed by atoms with Crippen molar-refractivity contribution in [3.63, 3.8) is 0 Å². The third-order valence-corrected chi connectivity index (χ3v) is 2.91. The van der Waals surface area contributed by atoms with Gasteiger partial charge >= 0.3 is 0 Å². The Bertz CT molecular complexity index is 216. The molecule has 1 saturated carbocycles. The molecule has 0 bridgehead atoms. The fourth-order valence-corrected chi connectivity index (χ4v) is 2.31. The maximum Gasteiger partial charge on any atom is 0.235 e. The predicted octanol–water partition coefficient (Wildman–Crippen LogP) is 2.54. The van der Waals surface area contributed by atoms with E-state index < -0.39 is 0 Å². The van der Waals surface area contributed by atoms with E-state index in [9.17, 15) is 4.79 Å². The van der Waals surface area contributed by atoms with Crippen molar-refractivity contribution >= 4 is 6.08 Å². The van der Waals surface area contributed by atoms with Crippen molar-refractivity contribution in [1.29, 1.82) is 0 Å². The molecule has 0 saturated heterocycles. The van der Waals surface area contributed by atoms with Gasteiger partial charge in [-0.25, -0.2) is 4.79 Å². The summed E-state index contributed by atoms with van der Waals surface area (Å²) in [6.45, 7) is 8.67. The third-order valence-electron chi connectivity index (χ3n) is 2.91. The van der Waals surface area contributed by atoms with Gasteiger partial charge in [0.1, 0.15) is 0 Å². The molecule has 0 heterocycles. The Balaban J connectivity index is 2.75. The second kappa shape index (κ2) is 2.70. The summed E-state index contributed by atoms with van der Waals surface area (Å²) in [5.74, 6) is 0.451.